The van der Waals surface area contributed by atoms with Gasteiger partial charge in [0.05, 0.1) is 10.6 Å². The molecule has 1 amide bonds. The van der Waals surface area contributed by atoms with Crippen molar-refractivity contribution in [2.45, 2.75) is 37.5 Å². The number of nitrogens with zero attached hydrogens (tertiary/aromatic N) is 3. The van der Waals surface area contributed by atoms with Gasteiger partial charge >= 0.3 is 0 Å². The van der Waals surface area contributed by atoms with Crippen LogP contribution in [0.4, 0.5) is 5.69 Å². The summed E-state index contributed by atoms with van der Waals surface area (Å²) in [5, 5.41) is 0.828. The number of carbonyl (C=O) groups excluding carboxylic acids is 1. The summed E-state index contributed by atoms with van der Waals surface area (Å²) in [4.78, 5) is 20.7. The number of fused-ring (bicyclic) bond motifs is 1. The van der Waals surface area contributed by atoms with E-state index in [1.54, 1.807) is 27.4 Å². The summed E-state index contributed by atoms with van der Waals surface area (Å²) in [6, 6.07) is 15.0. The zero-order valence-electron chi connectivity index (χ0n) is 18.0. The number of hydrogen-bond donors (Lipinski definition) is 0. The fourth-order valence-electron chi connectivity index (χ4n) is 4.43. The first kappa shape index (κ1) is 21.3. The molecule has 0 atom stereocenters. The number of carbonyl (C=O) groups is 1. The highest BCUT2D eigenvalue weighted by Crippen LogP contribution is 2.35. The molecule has 8 heteroatoms. The minimum Gasteiger partial charge on any atom is -0.307 e. The van der Waals surface area contributed by atoms with Gasteiger partial charge in [0.1, 0.15) is 9.88 Å². The van der Waals surface area contributed by atoms with Crippen LogP contribution in [0, 0.1) is 6.92 Å². The third kappa shape index (κ3) is 3.76. The lowest BCUT2D eigenvalue weighted by Gasteiger charge is -2.26. The lowest BCUT2D eigenvalue weighted by Crippen LogP contribution is -2.35. The Labute approximate surface area is 192 Å². The summed E-state index contributed by atoms with van der Waals surface area (Å²) in [5.74, 6) is -0.0763. The fraction of sp³-hybridized carbons (Fsp3) is 0.333. The minimum atomic E-state index is -3.49. The second-order valence-corrected chi connectivity index (χ2v) is 11.2. The van der Waals surface area contributed by atoms with Gasteiger partial charge in [0.2, 0.25) is 10.0 Å². The molecule has 1 saturated heterocycles. The van der Waals surface area contributed by atoms with Gasteiger partial charge < -0.3 is 4.90 Å². The maximum absolute atomic E-state index is 13.4. The highest BCUT2D eigenvalue weighted by molar-refractivity contribution is 7.89. The Balaban J connectivity index is 1.41. The molecule has 32 heavy (non-hydrogen) atoms. The Morgan fingerprint density at radius 3 is 2.50 bits per heavy atom. The second-order valence-electron chi connectivity index (χ2n) is 8.26. The summed E-state index contributed by atoms with van der Waals surface area (Å²) >= 11 is 1.40. The number of hydrogen-bond acceptors (Lipinski definition) is 5. The molecule has 6 nitrogen and oxygen atoms in total. The van der Waals surface area contributed by atoms with E-state index < -0.39 is 10.0 Å². The fourth-order valence-corrected chi connectivity index (χ4v) is 7.01. The van der Waals surface area contributed by atoms with E-state index in [0.717, 1.165) is 46.8 Å². The van der Waals surface area contributed by atoms with Gasteiger partial charge in [-0.2, -0.15) is 4.31 Å². The van der Waals surface area contributed by atoms with Gasteiger partial charge in [-0.3, -0.25) is 4.79 Å². The number of rotatable bonds is 4. The van der Waals surface area contributed by atoms with Gasteiger partial charge in [-0.25, -0.2) is 13.4 Å². The molecule has 2 aromatic carbocycles. The Morgan fingerprint density at radius 1 is 1.00 bits per heavy atom. The van der Waals surface area contributed by atoms with E-state index >= 15 is 0 Å². The van der Waals surface area contributed by atoms with E-state index in [0.29, 0.717) is 35.8 Å². The first-order chi connectivity index (χ1) is 15.4. The minimum absolute atomic E-state index is 0.0763. The highest BCUT2D eigenvalue weighted by atomic mass is 32.2. The number of anilines is 1. The molecule has 3 aromatic rings. The molecular weight excluding hydrogens is 442 g/mol. The van der Waals surface area contributed by atoms with Crippen LogP contribution in [0.2, 0.25) is 0 Å². The van der Waals surface area contributed by atoms with Crippen molar-refractivity contribution in [2.75, 3.05) is 24.5 Å². The van der Waals surface area contributed by atoms with E-state index in [1.807, 2.05) is 37.3 Å². The van der Waals surface area contributed by atoms with Crippen LogP contribution in [0.5, 0.6) is 0 Å². The van der Waals surface area contributed by atoms with Crippen molar-refractivity contribution in [3.8, 4) is 10.6 Å². The summed E-state index contributed by atoms with van der Waals surface area (Å²) < 4.78 is 27.7. The number of aromatic nitrogens is 1. The SMILES string of the molecule is Cc1nc(-c2ccccc2)sc1C(=O)N1CCc2cc(S(=O)(=O)N3CCCCC3)ccc21. The van der Waals surface area contributed by atoms with Crippen LogP contribution >= 0.6 is 11.3 Å². The summed E-state index contributed by atoms with van der Waals surface area (Å²) in [6.07, 6.45) is 3.54. The zero-order chi connectivity index (χ0) is 22.3. The Kier molecular flexibility index (Phi) is 5.61. The van der Waals surface area contributed by atoms with Gasteiger partial charge in [-0.1, -0.05) is 36.8 Å². The first-order valence-corrected chi connectivity index (χ1v) is 13.2. The Bertz CT molecular complexity index is 1260. The van der Waals surface area contributed by atoms with Crippen LogP contribution in [0.1, 0.15) is 40.2 Å². The molecule has 2 aliphatic rings. The van der Waals surface area contributed by atoms with Gasteiger partial charge in [-0.05, 0) is 49.9 Å². The number of thiazole rings is 1. The molecule has 0 spiro atoms. The Morgan fingerprint density at radius 2 is 1.75 bits per heavy atom. The van der Waals surface area contributed by atoms with Crippen LogP contribution < -0.4 is 4.90 Å². The summed E-state index contributed by atoms with van der Waals surface area (Å²) in [7, 11) is -3.49. The molecule has 166 valence electrons. The largest absolute Gasteiger partial charge is 0.307 e. The van der Waals surface area contributed by atoms with E-state index in [2.05, 4.69) is 4.98 Å². The predicted octanol–water partition coefficient (Wildman–Crippen LogP) is 4.50. The molecule has 3 heterocycles. The Hall–Kier alpha value is -2.55. The predicted molar refractivity (Wildman–Crippen MR) is 127 cm³/mol. The monoisotopic (exact) mass is 467 g/mol. The van der Waals surface area contributed by atoms with Crippen molar-refractivity contribution in [2.24, 2.45) is 0 Å². The molecule has 5 rings (SSSR count). The van der Waals surface area contributed by atoms with Crippen LogP contribution in [-0.2, 0) is 16.4 Å². The molecule has 1 fully saturated rings. The van der Waals surface area contributed by atoms with Gasteiger partial charge in [0.15, 0.2) is 0 Å². The van der Waals surface area contributed by atoms with Crippen LogP contribution in [-0.4, -0.2) is 43.2 Å². The average molecular weight is 468 g/mol. The topological polar surface area (TPSA) is 70.6 Å². The molecule has 0 radical (unpaired) electrons. The van der Waals surface area contributed by atoms with Crippen molar-refractivity contribution in [3.63, 3.8) is 0 Å². The van der Waals surface area contributed by atoms with Crippen molar-refractivity contribution >= 4 is 33.0 Å². The molecule has 0 bridgehead atoms. The summed E-state index contributed by atoms with van der Waals surface area (Å²) in [6.45, 7) is 3.57. The van der Waals surface area contributed by atoms with Gasteiger partial charge in [0.25, 0.3) is 5.91 Å². The number of amides is 1. The molecule has 2 aliphatic heterocycles. The van der Waals surface area contributed by atoms with E-state index in [9.17, 15) is 13.2 Å². The van der Waals surface area contributed by atoms with Crippen molar-refractivity contribution < 1.29 is 13.2 Å². The van der Waals surface area contributed by atoms with E-state index in [4.69, 9.17) is 0 Å². The smallest absolute Gasteiger partial charge is 0.270 e. The zero-order valence-corrected chi connectivity index (χ0v) is 19.6. The lowest BCUT2D eigenvalue weighted by molar-refractivity contribution is 0.0992. The normalized spacial score (nSPS) is 16.8. The quantitative estimate of drug-likeness (QED) is 0.567. The second kappa shape index (κ2) is 8.42. The van der Waals surface area contributed by atoms with Gasteiger partial charge in [0, 0.05) is 30.9 Å². The maximum atomic E-state index is 13.4. The molecule has 0 unspecified atom stereocenters. The third-order valence-corrected chi connectivity index (χ3v) is 9.25. The molecule has 0 saturated carbocycles. The number of sulfonamides is 1. The van der Waals surface area contributed by atoms with Crippen LogP contribution in [0.3, 0.4) is 0 Å². The third-order valence-electron chi connectivity index (χ3n) is 6.16. The summed E-state index contributed by atoms with van der Waals surface area (Å²) in [5.41, 5.74) is 3.41. The first-order valence-electron chi connectivity index (χ1n) is 10.9. The van der Waals surface area contributed by atoms with E-state index in [1.165, 1.54) is 11.3 Å². The number of piperidine rings is 1. The highest BCUT2D eigenvalue weighted by Gasteiger charge is 2.31. The van der Waals surface area contributed by atoms with Crippen LogP contribution in [0.15, 0.2) is 53.4 Å². The van der Waals surface area contributed by atoms with E-state index in [-0.39, 0.29) is 5.91 Å². The molecule has 0 N–H and O–H groups in total. The standard InChI is InChI=1S/C24H25N3O3S2/c1-17-22(31-23(25-17)18-8-4-2-5-9-18)24(28)27-15-12-19-16-20(10-11-21(19)27)32(29,30)26-13-6-3-7-14-26/h2,4-5,8-11,16H,3,6-7,12-15H2,1H3. The maximum Gasteiger partial charge on any atom is 0.270 e. The molecule has 1 aromatic heterocycles. The average Bonchev–Trinajstić information content (AvgIpc) is 3.43. The number of benzene rings is 2. The van der Waals surface area contributed by atoms with Crippen molar-refractivity contribution in [1.29, 1.82) is 0 Å². The lowest BCUT2D eigenvalue weighted by atomic mass is 10.2. The van der Waals surface area contributed by atoms with Crippen molar-refractivity contribution in [3.05, 3.63) is 64.7 Å². The molecule has 0 aliphatic carbocycles. The van der Waals surface area contributed by atoms with Crippen LogP contribution in [0.25, 0.3) is 10.6 Å². The number of aryl methyl sites for hydroxylation is 1. The molecular formula is C24H25N3O3S2. The van der Waals surface area contributed by atoms with Crippen molar-refractivity contribution in [1.82, 2.24) is 9.29 Å². The van der Waals surface area contributed by atoms with Gasteiger partial charge in [-0.15, -0.1) is 11.3 Å².